The molecule has 0 spiro atoms. The van der Waals surface area contributed by atoms with Gasteiger partial charge in [0.1, 0.15) is 11.5 Å². The lowest BCUT2D eigenvalue weighted by atomic mass is 9.88. The fourth-order valence-electron chi connectivity index (χ4n) is 4.44. The van der Waals surface area contributed by atoms with Crippen molar-refractivity contribution in [3.8, 4) is 22.6 Å². The highest BCUT2D eigenvalue weighted by Crippen LogP contribution is 2.48. The Balaban J connectivity index is 2.31. The van der Waals surface area contributed by atoms with Crippen LogP contribution in [0.4, 0.5) is 11.4 Å². The number of hydrogen-bond donors (Lipinski definition) is 0. The molecule has 0 bridgehead atoms. The summed E-state index contributed by atoms with van der Waals surface area (Å²) in [7, 11) is 11.0. The van der Waals surface area contributed by atoms with Crippen molar-refractivity contribution in [1.82, 2.24) is 0 Å². The van der Waals surface area contributed by atoms with E-state index in [1.165, 1.54) is 0 Å². The molecule has 0 heterocycles. The summed E-state index contributed by atoms with van der Waals surface area (Å²) in [6.45, 7) is 0. The highest BCUT2D eigenvalue weighted by Gasteiger charge is 2.24. The molecule has 0 aliphatic carbocycles. The first kappa shape index (κ1) is 23.1. The second kappa shape index (κ2) is 9.06. The fourth-order valence-corrected chi connectivity index (χ4v) is 4.44. The summed E-state index contributed by atoms with van der Waals surface area (Å²) in [5, 5.41) is 3.57. The summed E-state index contributed by atoms with van der Waals surface area (Å²) in [5.41, 5.74) is 4.28. The third-order valence-electron chi connectivity index (χ3n) is 6.16. The van der Waals surface area contributed by atoms with Crippen molar-refractivity contribution in [1.29, 1.82) is 0 Å². The van der Waals surface area contributed by atoms with E-state index in [0.29, 0.717) is 33.8 Å². The molecule has 0 amide bonds. The number of anilines is 2. The van der Waals surface area contributed by atoms with Crippen molar-refractivity contribution in [2.75, 3.05) is 52.2 Å². The van der Waals surface area contributed by atoms with Gasteiger partial charge in [0.15, 0.2) is 12.6 Å². The topological polar surface area (TPSA) is 59.1 Å². The number of aldehydes is 2. The minimum absolute atomic E-state index is 0.429. The van der Waals surface area contributed by atoms with E-state index in [4.69, 9.17) is 9.47 Å². The lowest BCUT2D eigenvalue weighted by molar-refractivity contribution is 0.111. The summed E-state index contributed by atoms with van der Waals surface area (Å²) in [4.78, 5) is 28.2. The molecule has 4 aromatic carbocycles. The number of carbonyl (C=O) groups is 2. The van der Waals surface area contributed by atoms with Crippen LogP contribution in [0, 0.1) is 0 Å². The van der Waals surface area contributed by atoms with E-state index < -0.39 is 0 Å². The smallest absolute Gasteiger partial charge is 0.153 e. The number of nitrogens with zero attached hydrogens (tertiary/aromatic N) is 2. The van der Waals surface area contributed by atoms with E-state index in [-0.39, 0.29) is 0 Å². The van der Waals surface area contributed by atoms with Crippen LogP contribution in [-0.4, -0.2) is 55.0 Å². The van der Waals surface area contributed by atoms with Gasteiger partial charge in [-0.1, -0.05) is 12.1 Å². The monoisotopic (exact) mass is 456 g/mol. The summed E-state index contributed by atoms with van der Waals surface area (Å²) >= 11 is 0. The van der Waals surface area contributed by atoms with Crippen LogP contribution in [0.25, 0.3) is 32.7 Å². The largest absolute Gasteiger partial charge is 0.495 e. The second-order valence-corrected chi connectivity index (χ2v) is 8.58. The minimum Gasteiger partial charge on any atom is -0.495 e. The fraction of sp³-hybridized carbons (Fsp3) is 0.214. The summed E-state index contributed by atoms with van der Waals surface area (Å²) < 4.78 is 11.7. The Labute approximate surface area is 199 Å². The molecule has 0 fully saturated rings. The Kier molecular flexibility index (Phi) is 6.16. The normalized spacial score (nSPS) is 10.9. The lowest BCUT2D eigenvalue weighted by Crippen LogP contribution is -2.09. The molecule has 0 saturated carbocycles. The third kappa shape index (κ3) is 3.71. The van der Waals surface area contributed by atoms with Gasteiger partial charge in [0.2, 0.25) is 0 Å². The van der Waals surface area contributed by atoms with Crippen LogP contribution in [0.15, 0.2) is 48.5 Å². The predicted molar refractivity (Wildman–Crippen MR) is 139 cm³/mol. The number of methoxy groups -OCH3 is 2. The van der Waals surface area contributed by atoms with Crippen LogP contribution in [0.1, 0.15) is 20.7 Å². The first-order chi connectivity index (χ1) is 16.3. The average Bonchev–Trinajstić information content (AvgIpc) is 2.85. The van der Waals surface area contributed by atoms with Crippen LogP contribution < -0.4 is 19.3 Å². The van der Waals surface area contributed by atoms with Crippen molar-refractivity contribution in [2.45, 2.75) is 0 Å². The van der Waals surface area contributed by atoms with Crippen LogP contribution in [0.2, 0.25) is 0 Å². The molecule has 6 heteroatoms. The van der Waals surface area contributed by atoms with Crippen molar-refractivity contribution in [3.63, 3.8) is 0 Å². The van der Waals surface area contributed by atoms with E-state index in [9.17, 15) is 9.59 Å². The molecule has 0 aliphatic heterocycles. The van der Waals surface area contributed by atoms with E-state index in [0.717, 1.165) is 45.5 Å². The maximum absolute atomic E-state index is 12.1. The molecule has 0 aliphatic rings. The van der Waals surface area contributed by atoms with Gasteiger partial charge in [0.05, 0.1) is 25.3 Å². The summed E-state index contributed by atoms with van der Waals surface area (Å²) in [6, 6.07) is 15.8. The van der Waals surface area contributed by atoms with Gasteiger partial charge in [-0.3, -0.25) is 9.59 Å². The molecule has 4 rings (SSSR count). The molecule has 0 aromatic heterocycles. The zero-order valence-electron chi connectivity index (χ0n) is 20.3. The molecule has 0 unspecified atom stereocenters. The number of ether oxygens (including phenoxy) is 2. The molecule has 0 N–H and O–H groups in total. The Morgan fingerprint density at radius 1 is 0.618 bits per heavy atom. The second-order valence-electron chi connectivity index (χ2n) is 8.58. The van der Waals surface area contributed by atoms with E-state index in [1.54, 1.807) is 14.2 Å². The quantitative estimate of drug-likeness (QED) is 0.346. The standard InChI is InChI=1S/C28H28N2O4/c1-29(2)21-9-7-17-11-19(15-31)27(33-5)25(23(17)13-21)26-24-14-22(30(3)4)10-8-18(24)12-20(16-32)28(26)34-6/h7-16H,1-6H3. The maximum atomic E-state index is 12.1. The van der Waals surface area contributed by atoms with Crippen molar-refractivity contribution < 1.29 is 19.1 Å². The van der Waals surface area contributed by atoms with Crippen LogP contribution in [-0.2, 0) is 0 Å². The van der Waals surface area contributed by atoms with Crippen LogP contribution in [0.5, 0.6) is 11.5 Å². The lowest BCUT2D eigenvalue weighted by Gasteiger charge is -2.22. The zero-order valence-corrected chi connectivity index (χ0v) is 20.3. The van der Waals surface area contributed by atoms with Gasteiger partial charge < -0.3 is 19.3 Å². The molecule has 34 heavy (non-hydrogen) atoms. The Morgan fingerprint density at radius 3 is 1.29 bits per heavy atom. The minimum atomic E-state index is 0.429. The van der Waals surface area contributed by atoms with Gasteiger partial charge in [-0.2, -0.15) is 0 Å². The average molecular weight is 457 g/mol. The number of hydrogen-bond acceptors (Lipinski definition) is 6. The first-order valence-electron chi connectivity index (χ1n) is 10.9. The van der Waals surface area contributed by atoms with Crippen molar-refractivity contribution in [2.24, 2.45) is 0 Å². The van der Waals surface area contributed by atoms with E-state index in [1.807, 2.05) is 74.4 Å². The molecule has 0 saturated heterocycles. The van der Waals surface area contributed by atoms with E-state index >= 15 is 0 Å². The van der Waals surface area contributed by atoms with Crippen molar-refractivity contribution >= 4 is 45.5 Å². The zero-order chi connectivity index (χ0) is 24.6. The molecule has 0 atom stereocenters. The molecular formula is C28H28N2O4. The van der Waals surface area contributed by atoms with E-state index in [2.05, 4.69) is 12.1 Å². The molecule has 6 nitrogen and oxygen atoms in total. The van der Waals surface area contributed by atoms with Gasteiger partial charge in [0.25, 0.3) is 0 Å². The highest BCUT2D eigenvalue weighted by atomic mass is 16.5. The molecule has 4 aromatic rings. The third-order valence-corrected chi connectivity index (χ3v) is 6.16. The van der Waals surface area contributed by atoms with Gasteiger partial charge in [-0.15, -0.1) is 0 Å². The van der Waals surface area contributed by atoms with Gasteiger partial charge >= 0.3 is 0 Å². The summed E-state index contributed by atoms with van der Waals surface area (Å²) in [5.74, 6) is 0.882. The molecule has 174 valence electrons. The van der Waals surface area contributed by atoms with Crippen molar-refractivity contribution in [3.05, 3.63) is 59.7 Å². The Morgan fingerprint density at radius 2 is 1.00 bits per heavy atom. The number of carbonyl (C=O) groups excluding carboxylic acids is 2. The van der Waals surface area contributed by atoms with Crippen LogP contribution >= 0.6 is 0 Å². The van der Waals surface area contributed by atoms with Gasteiger partial charge in [0, 0.05) is 50.7 Å². The van der Waals surface area contributed by atoms with Gasteiger partial charge in [-0.05, 0) is 57.9 Å². The Bertz CT molecular complexity index is 1310. The number of fused-ring (bicyclic) bond motifs is 2. The predicted octanol–water partition coefficient (Wildman–Crippen LogP) is 5.43. The summed E-state index contributed by atoms with van der Waals surface area (Å²) in [6.07, 6.45) is 1.59. The number of benzene rings is 4. The number of rotatable bonds is 7. The SMILES string of the molecule is COc1c(C=O)cc2ccc(N(C)C)cc2c1-c1c(OC)c(C=O)cc2ccc(N(C)C)cc12. The maximum Gasteiger partial charge on any atom is 0.153 e. The Hall–Kier alpha value is -4.06. The van der Waals surface area contributed by atoms with Crippen LogP contribution in [0.3, 0.4) is 0 Å². The highest BCUT2D eigenvalue weighted by molar-refractivity contribution is 6.15. The first-order valence-corrected chi connectivity index (χ1v) is 10.9. The van der Waals surface area contributed by atoms with Gasteiger partial charge in [-0.25, -0.2) is 0 Å². The molecule has 0 radical (unpaired) electrons. The molecular weight excluding hydrogens is 428 g/mol.